The molecule has 29 heavy (non-hydrogen) atoms. The molecule has 0 unspecified atom stereocenters. The Morgan fingerprint density at radius 2 is 1.72 bits per heavy atom. The maximum Gasteiger partial charge on any atom is 0.277 e. The lowest BCUT2D eigenvalue weighted by Crippen LogP contribution is -2.24. The fourth-order valence-electron chi connectivity index (χ4n) is 3.66. The number of hydrogen-bond donors (Lipinski definition) is 0. The van der Waals surface area contributed by atoms with Gasteiger partial charge in [0, 0.05) is 6.04 Å². The molecule has 0 N–H and O–H groups in total. The van der Waals surface area contributed by atoms with E-state index < -0.39 is 5.82 Å². The van der Waals surface area contributed by atoms with Crippen LogP contribution in [0.5, 0.6) is 0 Å². The number of benzene rings is 2. The third-order valence-electron chi connectivity index (χ3n) is 4.94. The minimum atomic E-state index is -0.410. The summed E-state index contributed by atoms with van der Waals surface area (Å²) in [7, 11) is 0. The van der Waals surface area contributed by atoms with Gasteiger partial charge in [0.15, 0.2) is 0 Å². The van der Waals surface area contributed by atoms with Gasteiger partial charge in [-0.15, -0.1) is 5.10 Å². The van der Waals surface area contributed by atoms with Crippen molar-refractivity contribution in [2.75, 3.05) is 0 Å². The second-order valence-corrected chi connectivity index (χ2v) is 7.07. The number of aromatic nitrogens is 6. The van der Waals surface area contributed by atoms with Crippen LogP contribution in [0.15, 0.2) is 65.8 Å². The van der Waals surface area contributed by atoms with Crippen molar-refractivity contribution < 1.29 is 4.39 Å². The zero-order chi connectivity index (χ0) is 20.1. The van der Waals surface area contributed by atoms with Crippen molar-refractivity contribution in [1.29, 1.82) is 0 Å². The zero-order valence-electron chi connectivity index (χ0n) is 15.8. The average molecular weight is 388 g/mol. The zero-order valence-corrected chi connectivity index (χ0v) is 15.8. The topological polar surface area (TPSA) is 70.0 Å². The molecule has 0 saturated heterocycles. The van der Waals surface area contributed by atoms with Gasteiger partial charge in [0.05, 0.1) is 17.2 Å². The Morgan fingerprint density at radius 3 is 2.48 bits per heavy atom. The van der Waals surface area contributed by atoms with Crippen molar-refractivity contribution in [2.45, 2.75) is 19.9 Å². The molecule has 7 nitrogen and oxygen atoms in total. The van der Waals surface area contributed by atoms with Crippen molar-refractivity contribution >= 4 is 16.6 Å². The largest absolute Gasteiger partial charge is 0.302 e. The predicted octanol–water partition coefficient (Wildman–Crippen LogP) is 3.62. The second-order valence-electron chi connectivity index (χ2n) is 7.07. The van der Waals surface area contributed by atoms with Crippen molar-refractivity contribution in [2.24, 2.45) is 0 Å². The van der Waals surface area contributed by atoms with Gasteiger partial charge in [-0.25, -0.2) is 14.1 Å². The van der Waals surface area contributed by atoms with E-state index in [2.05, 4.69) is 15.3 Å². The van der Waals surface area contributed by atoms with Gasteiger partial charge in [0.25, 0.3) is 5.56 Å². The summed E-state index contributed by atoms with van der Waals surface area (Å²) in [5, 5.41) is 8.17. The van der Waals surface area contributed by atoms with Crippen molar-refractivity contribution in [3.8, 4) is 17.1 Å². The van der Waals surface area contributed by atoms with E-state index in [0.717, 1.165) is 11.0 Å². The van der Waals surface area contributed by atoms with E-state index in [-0.39, 0.29) is 17.3 Å². The summed E-state index contributed by atoms with van der Waals surface area (Å²) >= 11 is 0. The standard InChI is InChI=1S/C21H17FN6O/c1-13(2)28-18-10-6-5-9-17(18)26-12-23-19(20(26)21(28)29)15-11-27(25-24-15)16-8-4-3-7-14(16)22/h3-13H,1-2H3. The Hall–Kier alpha value is -3.81. The normalized spacial score (nSPS) is 11.7. The molecular weight excluding hydrogens is 371 g/mol. The minimum Gasteiger partial charge on any atom is -0.302 e. The van der Waals surface area contributed by atoms with E-state index in [9.17, 15) is 9.18 Å². The van der Waals surface area contributed by atoms with E-state index in [1.54, 1.807) is 39.7 Å². The summed E-state index contributed by atoms with van der Waals surface area (Å²) in [4.78, 5) is 17.8. The average Bonchev–Trinajstić information content (AvgIpc) is 3.36. The number of imidazole rings is 1. The van der Waals surface area contributed by atoms with Crippen LogP contribution in [0.3, 0.4) is 0 Å². The Bertz CT molecular complexity index is 1430. The van der Waals surface area contributed by atoms with Crippen LogP contribution in [-0.4, -0.2) is 28.9 Å². The molecule has 5 rings (SSSR count). The van der Waals surface area contributed by atoms with Crippen LogP contribution in [0, 0.1) is 5.82 Å². The second kappa shape index (κ2) is 6.37. The fourth-order valence-corrected chi connectivity index (χ4v) is 3.66. The Labute approximate surface area is 164 Å². The monoisotopic (exact) mass is 388 g/mol. The SMILES string of the molecule is CC(C)n1c(=O)c2c(-c3cn(-c4ccccc4F)nn3)ncn2c2ccccc21. The van der Waals surface area contributed by atoms with Crippen LogP contribution < -0.4 is 5.56 Å². The molecule has 0 radical (unpaired) electrons. The molecule has 0 spiro atoms. The van der Waals surface area contributed by atoms with E-state index in [1.165, 1.54) is 10.7 Å². The number of fused-ring (bicyclic) bond motifs is 3. The summed E-state index contributed by atoms with van der Waals surface area (Å²) in [5.41, 5.74) is 3.05. The van der Waals surface area contributed by atoms with Crippen LogP contribution in [0.25, 0.3) is 33.6 Å². The van der Waals surface area contributed by atoms with Gasteiger partial charge < -0.3 is 4.57 Å². The lowest BCUT2D eigenvalue weighted by atomic mass is 10.2. The fraction of sp³-hybridized carbons (Fsp3) is 0.143. The van der Waals surface area contributed by atoms with Crippen molar-refractivity contribution in [3.63, 3.8) is 0 Å². The van der Waals surface area contributed by atoms with Crippen LogP contribution in [0.2, 0.25) is 0 Å². The first-order chi connectivity index (χ1) is 14.1. The first kappa shape index (κ1) is 17.3. The molecular formula is C21H17FN6O. The number of hydrogen-bond acceptors (Lipinski definition) is 4. The molecule has 0 aliphatic heterocycles. The highest BCUT2D eigenvalue weighted by Crippen LogP contribution is 2.25. The molecule has 0 atom stereocenters. The highest BCUT2D eigenvalue weighted by atomic mass is 19.1. The van der Waals surface area contributed by atoms with E-state index >= 15 is 0 Å². The lowest BCUT2D eigenvalue weighted by Gasteiger charge is -2.15. The van der Waals surface area contributed by atoms with Gasteiger partial charge in [0.2, 0.25) is 0 Å². The van der Waals surface area contributed by atoms with Crippen LogP contribution in [-0.2, 0) is 0 Å². The Morgan fingerprint density at radius 1 is 1.00 bits per heavy atom. The first-order valence-electron chi connectivity index (χ1n) is 9.24. The number of rotatable bonds is 3. The van der Waals surface area contributed by atoms with E-state index in [0.29, 0.717) is 16.9 Å². The molecule has 3 heterocycles. The molecule has 0 aliphatic rings. The van der Waals surface area contributed by atoms with Gasteiger partial charge in [-0.2, -0.15) is 0 Å². The number of nitrogens with zero attached hydrogens (tertiary/aromatic N) is 6. The van der Waals surface area contributed by atoms with Crippen LogP contribution >= 0.6 is 0 Å². The van der Waals surface area contributed by atoms with Gasteiger partial charge in [-0.05, 0) is 38.1 Å². The lowest BCUT2D eigenvalue weighted by molar-refractivity contribution is 0.601. The van der Waals surface area contributed by atoms with Crippen LogP contribution in [0.4, 0.5) is 4.39 Å². The third kappa shape index (κ3) is 2.56. The van der Waals surface area contributed by atoms with Gasteiger partial charge in [-0.3, -0.25) is 9.20 Å². The Balaban J connectivity index is 1.78. The Kier molecular flexibility index (Phi) is 3.80. The molecule has 8 heteroatoms. The van der Waals surface area contributed by atoms with Crippen molar-refractivity contribution in [3.05, 3.63) is 77.2 Å². The molecule has 0 fully saturated rings. The minimum absolute atomic E-state index is 0.0331. The first-order valence-corrected chi connectivity index (χ1v) is 9.24. The predicted molar refractivity (Wildman–Crippen MR) is 108 cm³/mol. The molecule has 0 bridgehead atoms. The quantitative estimate of drug-likeness (QED) is 0.473. The molecule has 5 aromatic rings. The number of halogens is 1. The van der Waals surface area contributed by atoms with E-state index in [4.69, 9.17) is 0 Å². The smallest absolute Gasteiger partial charge is 0.277 e. The summed E-state index contributed by atoms with van der Waals surface area (Å²) in [6.07, 6.45) is 3.19. The van der Waals surface area contributed by atoms with Gasteiger partial charge >= 0.3 is 0 Å². The van der Waals surface area contributed by atoms with Gasteiger partial charge in [0.1, 0.15) is 34.7 Å². The summed E-state index contributed by atoms with van der Waals surface area (Å²) in [6.45, 7) is 3.93. The summed E-state index contributed by atoms with van der Waals surface area (Å²) < 4.78 is 19.0. The van der Waals surface area contributed by atoms with Crippen molar-refractivity contribution in [1.82, 2.24) is 28.9 Å². The highest BCUT2D eigenvalue weighted by Gasteiger charge is 2.20. The maximum atomic E-state index is 14.1. The molecule has 144 valence electrons. The molecule has 0 aliphatic carbocycles. The molecule has 2 aromatic carbocycles. The highest BCUT2D eigenvalue weighted by molar-refractivity contribution is 5.84. The number of para-hydroxylation sites is 3. The summed E-state index contributed by atoms with van der Waals surface area (Å²) in [5.74, 6) is -0.410. The van der Waals surface area contributed by atoms with Gasteiger partial charge in [-0.1, -0.05) is 29.5 Å². The molecule has 0 amide bonds. The van der Waals surface area contributed by atoms with E-state index in [1.807, 2.05) is 38.1 Å². The summed E-state index contributed by atoms with van der Waals surface area (Å²) in [6, 6.07) is 14.0. The molecule has 0 saturated carbocycles. The van der Waals surface area contributed by atoms with Crippen LogP contribution in [0.1, 0.15) is 19.9 Å². The molecule has 3 aromatic heterocycles. The maximum absolute atomic E-state index is 14.1. The third-order valence-corrected chi connectivity index (χ3v) is 4.94.